The third-order valence-electron chi connectivity index (χ3n) is 2.92. The number of rotatable bonds is 8. The van der Waals surface area contributed by atoms with Crippen LogP contribution in [0.3, 0.4) is 0 Å². The van der Waals surface area contributed by atoms with E-state index in [4.69, 9.17) is 9.47 Å². The lowest BCUT2D eigenvalue weighted by atomic mass is 10.2. The van der Waals surface area contributed by atoms with E-state index in [0.717, 1.165) is 22.2 Å². The molecule has 0 aliphatic rings. The normalized spacial score (nSPS) is 10.6. The molecule has 24 heavy (non-hydrogen) atoms. The molecule has 2 aromatic rings. The first-order chi connectivity index (χ1) is 11.7. The topological polar surface area (TPSA) is 59.9 Å². The Kier molecular flexibility index (Phi) is 7.29. The van der Waals surface area contributed by atoms with Crippen LogP contribution < -0.4 is 14.9 Å². The molecule has 0 bridgehead atoms. The van der Waals surface area contributed by atoms with Crippen molar-refractivity contribution in [3.8, 4) is 11.5 Å². The molecule has 1 N–H and O–H groups in total. The van der Waals surface area contributed by atoms with Crippen molar-refractivity contribution in [2.45, 2.75) is 13.3 Å². The summed E-state index contributed by atoms with van der Waals surface area (Å²) in [6, 6.07) is 14.8. The van der Waals surface area contributed by atoms with Crippen LogP contribution in [0.2, 0.25) is 0 Å². The lowest BCUT2D eigenvalue weighted by Gasteiger charge is -2.05. The Hall–Kier alpha value is -2.34. The van der Waals surface area contributed by atoms with E-state index in [0.29, 0.717) is 12.4 Å². The van der Waals surface area contributed by atoms with E-state index in [1.165, 1.54) is 0 Å². The van der Waals surface area contributed by atoms with Crippen LogP contribution in [0.5, 0.6) is 11.5 Å². The van der Waals surface area contributed by atoms with E-state index in [1.54, 1.807) is 18.3 Å². The summed E-state index contributed by atoms with van der Waals surface area (Å²) in [5.74, 6) is 1.11. The summed E-state index contributed by atoms with van der Waals surface area (Å²) in [5, 5.41) is 3.91. The van der Waals surface area contributed by atoms with Crippen LogP contribution >= 0.6 is 15.9 Å². The number of nitrogens with zero attached hydrogens (tertiary/aromatic N) is 1. The number of nitrogens with one attached hydrogen (secondary N) is 1. The summed E-state index contributed by atoms with van der Waals surface area (Å²) in [6.45, 7) is 2.66. The Balaban J connectivity index is 1.75. The van der Waals surface area contributed by atoms with E-state index in [2.05, 4.69) is 33.4 Å². The first-order valence-corrected chi connectivity index (χ1v) is 8.40. The van der Waals surface area contributed by atoms with Gasteiger partial charge in [0.25, 0.3) is 5.91 Å². The van der Waals surface area contributed by atoms with Gasteiger partial charge in [-0.05, 0) is 54.4 Å². The number of benzene rings is 2. The molecule has 2 aromatic carbocycles. The van der Waals surface area contributed by atoms with Gasteiger partial charge in [-0.1, -0.05) is 28.9 Å². The lowest BCUT2D eigenvalue weighted by Crippen LogP contribution is -2.24. The standard InChI is InChI=1S/C18H19BrN2O3/c1-2-10-23-16-8-6-14(7-9-16)12-20-21-18(22)13-24-17-5-3-4-15(19)11-17/h3-9,11-12H,2,10,13H2,1H3,(H,21,22)/b20-12+. The van der Waals surface area contributed by atoms with Gasteiger partial charge in [-0.3, -0.25) is 4.79 Å². The Morgan fingerprint density at radius 2 is 1.96 bits per heavy atom. The van der Waals surface area contributed by atoms with Crippen molar-refractivity contribution in [1.29, 1.82) is 0 Å². The van der Waals surface area contributed by atoms with Crippen LogP contribution in [-0.4, -0.2) is 25.3 Å². The Morgan fingerprint density at radius 1 is 1.17 bits per heavy atom. The molecule has 126 valence electrons. The van der Waals surface area contributed by atoms with Gasteiger partial charge < -0.3 is 9.47 Å². The minimum atomic E-state index is -0.325. The fraction of sp³-hybridized carbons (Fsp3) is 0.222. The minimum absolute atomic E-state index is 0.0996. The average molecular weight is 391 g/mol. The molecular weight excluding hydrogens is 372 g/mol. The Bertz CT molecular complexity index is 687. The fourth-order valence-electron chi connectivity index (χ4n) is 1.79. The van der Waals surface area contributed by atoms with Crippen LogP contribution in [0, 0.1) is 0 Å². The molecule has 0 heterocycles. The average Bonchev–Trinajstić information content (AvgIpc) is 2.59. The predicted octanol–water partition coefficient (Wildman–Crippen LogP) is 3.77. The monoisotopic (exact) mass is 390 g/mol. The maximum atomic E-state index is 11.7. The molecule has 0 radical (unpaired) electrons. The van der Waals surface area contributed by atoms with Gasteiger partial charge >= 0.3 is 0 Å². The second-order valence-corrected chi connectivity index (χ2v) is 5.87. The van der Waals surface area contributed by atoms with Crippen LogP contribution in [0.4, 0.5) is 0 Å². The first-order valence-electron chi connectivity index (χ1n) is 7.60. The number of hydrogen-bond acceptors (Lipinski definition) is 4. The molecule has 0 aromatic heterocycles. The maximum Gasteiger partial charge on any atom is 0.277 e. The molecule has 0 aliphatic carbocycles. The highest BCUT2D eigenvalue weighted by Gasteiger charge is 2.01. The summed E-state index contributed by atoms with van der Waals surface area (Å²) in [4.78, 5) is 11.7. The van der Waals surface area contributed by atoms with Gasteiger partial charge in [0.2, 0.25) is 0 Å². The van der Waals surface area contributed by atoms with Gasteiger partial charge in [0, 0.05) is 4.47 Å². The molecular formula is C18H19BrN2O3. The molecule has 0 fully saturated rings. The molecule has 0 aliphatic heterocycles. The maximum absolute atomic E-state index is 11.7. The van der Waals surface area contributed by atoms with Crippen molar-refractivity contribution in [2.75, 3.05) is 13.2 Å². The Labute approximate surface area is 149 Å². The number of carbonyl (C=O) groups excluding carboxylic acids is 1. The molecule has 1 amide bonds. The quantitative estimate of drug-likeness (QED) is 0.551. The van der Waals surface area contributed by atoms with Crippen molar-refractivity contribution in [3.63, 3.8) is 0 Å². The molecule has 0 saturated carbocycles. The number of carbonyl (C=O) groups is 1. The molecule has 6 heteroatoms. The van der Waals surface area contributed by atoms with E-state index in [-0.39, 0.29) is 12.5 Å². The van der Waals surface area contributed by atoms with Gasteiger partial charge in [0.1, 0.15) is 11.5 Å². The lowest BCUT2D eigenvalue weighted by molar-refractivity contribution is -0.123. The third kappa shape index (κ3) is 6.42. The summed E-state index contributed by atoms with van der Waals surface area (Å²) >= 11 is 3.34. The van der Waals surface area contributed by atoms with Crippen molar-refractivity contribution < 1.29 is 14.3 Å². The van der Waals surface area contributed by atoms with Gasteiger partial charge in [0.15, 0.2) is 6.61 Å². The van der Waals surface area contributed by atoms with Crippen molar-refractivity contribution in [1.82, 2.24) is 5.43 Å². The minimum Gasteiger partial charge on any atom is -0.494 e. The van der Waals surface area contributed by atoms with E-state index in [9.17, 15) is 4.79 Å². The summed E-state index contributed by atoms with van der Waals surface area (Å²) in [5.41, 5.74) is 3.30. The molecule has 0 spiro atoms. The number of hydrogen-bond donors (Lipinski definition) is 1. The third-order valence-corrected chi connectivity index (χ3v) is 3.42. The summed E-state index contributed by atoms with van der Waals surface area (Å²) in [7, 11) is 0. The number of halogens is 1. The molecule has 0 saturated heterocycles. The van der Waals surface area contributed by atoms with Crippen LogP contribution in [0.1, 0.15) is 18.9 Å². The van der Waals surface area contributed by atoms with Crippen LogP contribution in [-0.2, 0) is 4.79 Å². The molecule has 2 rings (SSSR count). The van der Waals surface area contributed by atoms with E-state index in [1.807, 2.05) is 36.4 Å². The summed E-state index contributed by atoms with van der Waals surface area (Å²) < 4.78 is 11.8. The van der Waals surface area contributed by atoms with Crippen LogP contribution in [0.15, 0.2) is 58.1 Å². The molecule has 0 unspecified atom stereocenters. The number of hydrazone groups is 1. The number of amides is 1. The van der Waals surface area contributed by atoms with Gasteiger partial charge in [-0.2, -0.15) is 5.10 Å². The summed E-state index contributed by atoms with van der Waals surface area (Å²) in [6.07, 6.45) is 2.54. The van der Waals surface area contributed by atoms with Gasteiger partial charge in [-0.25, -0.2) is 5.43 Å². The molecule has 0 atom stereocenters. The van der Waals surface area contributed by atoms with Gasteiger partial charge in [-0.15, -0.1) is 0 Å². The molecule has 5 nitrogen and oxygen atoms in total. The van der Waals surface area contributed by atoms with Crippen molar-refractivity contribution in [3.05, 3.63) is 58.6 Å². The van der Waals surface area contributed by atoms with Gasteiger partial charge in [0.05, 0.1) is 12.8 Å². The SMILES string of the molecule is CCCOc1ccc(/C=N/NC(=O)COc2cccc(Br)c2)cc1. The largest absolute Gasteiger partial charge is 0.494 e. The number of ether oxygens (including phenoxy) is 2. The fourth-order valence-corrected chi connectivity index (χ4v) is 2.17. The highest BCUT2D eigenvalue weighted by atomic mass is 79.9. The zero-order valence-corrected chi connectivity index (χ0v) is 15.0. The van der Waals surface area contributed by atoms with Crippen molar-refractivity contribution in [2.24, 2.45) is 5.10 Å². The zero-order chi connectivity index (χ0) is 17.2. The zero-order valence-electron chi connectivity index (χ0n) is 13.4. The van der Waals surface area contributed by atoms with Crippen molar-refractivity contribution >= 4 is 28.1 Å². The Morgan fingerprint density at radius 3 is 2.67 bits per heavy atom. The second-order valence-electron chi connectivity index (χ2n) is 4.96. The van der Waals surface area contributed by atoms with E-state index < -0.39 is 0 Å². The highest BCUT2D eigenvalue weighted by molar-refractivity contribution is 9.10. The smallest absolute Gasteiger partial charge is 0.277 e. The predicted molar refractivity (Wildman–Crippen MR) is 97.6 cm³/mol. The van der Waals surface area contributed by atoms with Crippen LogP contribution in [0.25, 0.3) is 0 Å². The van der Waals surface area contributed by atoms with E-state index >= 15 is 0 Å². The first kappa shape index (κ1) is 18.0. The highest BCUT2D eigenvalue weighted by Crippen LogP contribution is 2.17. The second kappa shape index (κ2) is 9.72.